The van der Waals surface area contributed by atoms with Crippen molar-refractivity contribution in [2.24, 2.45) is 0 Å². The maximum absolute atomic E-state index is 9.29. The molecule has 1 aromatic carbocycles. The molecule has 3 rings (SSSR count). The fourth-order valence-corrected chi connectivity index (χ4v) is 3.52. The zero-order valence-corrected chi connectivity index (χ0v) is 12.3. The van der Waals surface area contributed by atoms with Gasteiger partial charge in [0.15, 0.2) is 0 Å². The smallest absolute Gasteiger partial charge is 0.114 e. The second kappa shape index (κ2) is 5.99. The van der Waals surface area contributed by atoms with Crippen LogP contribution in [0.25, 0.3) is 0 Å². The molecule has 1 aliphatic rings. The molecule has 0 aliphatic heterocycles. The third-order valence-corrected chi connectivity index (χ3v) is 4.68. The molecule has 1 aliphatic carbocycles. The van der Waals surface area contributed by atoms with E-state index in [1.807, 2.05) is 30.3 Å². The Morgan fingerprint density at radius 3 is 2.71 bits per heavy atom. The summed E-state index contributed by atoms with van der Waals surface area (Å²) in [7, 11) is 0. The van der Waals surface area contributed by atoms with Crippen molar-refractivity contribution in [3.05, 3.63) is 58.3 Å². The standard InChI is InChI=1S/C17H13N3S/c18-9-13-4-1-2-5-14(13)11-21-17-15(10-19)8-12-6-3-7-16(12)20-17/h1-2,4-5,8H,3,6-7,11H2. The summed E-state index contributed by atoms with van der Waals surface area (Å²) in [6.45, 7) is 0. The fourth-order valence-electron chi connectivity index (χ4n) is 2.54. The quantitative estimate of drug-likeness (QED) is 0.811. The van der Waals surface area contributed by atoms with Crippen molar-refractivity contribution in [3.63, 3.8) is 0 Å². The molecule has 1 aromatic heterocycles. The highest BCUT2D eigenvalue weighted by molar-refractivity contribution is 7.98. The average Bonchev–Trinajstić information content (AvgIpc) is 2.99. The number of benzene rings is 1. The molecule has 2 aromatic rings. The second-order valence-corrected chi connectivity index (χ2v) is 5.93. The number of thioether (sulfide) groups is 1. The Balaban J connectivity index is 1.86. The molecule has 0 atom stereocenters. The summed E-state index contributed by atoms with van der Waals surface area (Å²) in [4.78, 5) is 4.65. The highest BCUT2D eigenvalue weighted by Crippen LogP contribution is 2.30. The lowest BCUT2D eigenvalue weighted by molar-refractivity contribution is 0.891. The van der Waals surface area contributed by atoms with Crippen LogP contribution in [0.3, 0.4) is 0 Å². The Kier molecular flexibility index (Phi) is 3.90. The Hall–Kier alpha value is -2.30. The summed E-state index contributed by atoms with van der Waals surface area (Å²) >= 11 is 1.54. The van der Waals surface area contributed by atoms with Crippen molar-refractivity contribution in [3.8, 4) is 12.1 Å². The van der Waals surface area contributed by atoms with E-state index in [1.165, 1.54) is 17.3 Å². The van der Waals surface area contributed by atoms with E-state index >= 15 is 0 Å². The monoisotopic (exact) mass is 291 g/mol. The molecule has 0 saturated carbocycles. The molecule has 0 radical (unpaired) electrons. The lowest BCUT2D eigenvalue weighted by atomic mass is 10.1. The topological polar surface area (TPSA) is 60.5 Å². The zero-order chi connectivity index (χ0) is 14.7. The minimum absolute atomic E-state index is 0.648. The van der Waals surface area contributed by atoms with E-state index in [2.05, 4.69) is 17.1 Å². The first-order chi connectivity index (χ1) is 10.3. The zero-order valence-electron chi connectivity index (χ0n) is 11.5. The maximum Gasteiger partial charge on any atom is 0.114 e. The summed E-state index contributed by atoms with van der Waals surface area (Å²) in [6.07, 6.45) is 3.15. The molecule has 3 nitrogen and oxygen atoms in total. The van der Waals surface area contributed by atoms with E-state index in [9.17, 15) is 5.26 Å². The second-order valence-electron chi connectivity index (χ2n) is 4.97. The van der Waals surface area contributed by atoms with Crippen molar-refractivity contribution in [2.75, 3.05) is 0 Å². The summed E-state index contributed by atoms with van der Waals surface area (Å²) in [5.74, 6) is 0.657. The summed E-state index contributed by atoms with van der Waals surface area (Å²) in [5.41, 5.74) is 4.66. The van der Waals surface area contributed by atoms with Gasteiger partial charge < -0.3 is 0 Å². The van der Waals surface area contributed by atoms with Crippen LogP contribution >= 0.6 is 11.8 Å². The van der Waals surface area contributed by atoms with Crippen LogP contribution in [0.1, 0.15) is 34.4 Å². The fraction of sp³-hybridized carbons (Fsp3) is 0.235. The van der Waals surface area contributed by atoms with Gasteiger partial charge in [0, 0.05) is 11.4 Å². The van der Waals surface area contributed by atoms with Gasteiger partial charge in [-0.1, -0.05) is 18.2 Å². The Morgan fingerprint density at radius 2 is 1.90 bits per heavy atom. The van der Waals surface area contributed by atoms with Gasteiger partial charge in [0.25, 0.3) is 0 Å². The van der Waals surface area contributed by atoms with Crippen LogP contribution < -0.4 is 0 Å². The van der Waals surface area contributed by atoms with E-state index in [0.717, 1.165) is 35.5 Å². The first-order valence-corrected chi connectivity index (χ1v) is 7.84. The Labute approximate surface area is 128 Å². The summed E-state index contributed by atoms with van der Waals surface area (Å²) < 4.78 is 0. The van der Waals surface area contributed by atoms with Crippen molar-refractivity contribution in [1.82, 2.24) is 4.98 Å². The van der Waals surface area contributed by atoms with Crippen LogP contribution in [0, 0.1) is 22.7 Å². The lowest BCUT2D eigenvalue weighted by Crippen LogP contribution is -1.96. The lowest BCUT2D eigenvalue weighted by Gasteiger charge is -2.07. The van der Waals surface area contributed by atoms with Gasteiger partial charge in [-0.25, -0.2) is 4.98 Å². The van der Waals surface area contributed by atoms with Crippen LogP contribution in [0.15, 0.2) is 35.4 Å². The third kappa shape index (κ3) is 2.77. The van der Waals surface area contributed by atoms with E-state index in [0.29, 0.717) is 16.9 Å². The largest absolute Gasteiger partial charge is 0.245 e. The van der Waals surface area contributed by atoms with Crippen LogP contribution in [-0.2, 0) is 18.6 Å². The predicted octanol–water partition coefficient (Wildman–Crippen LogP) is 3.61. The molecule has 4 heteroatoms. The molecular weight excluding hydrogens is 278 g/mol. The highest BCUT2D eigenvalue weighted by atomic mass is 32.2. The highest BCUT2D eigenvalue weighted by Gasteiger charge is 2.17. The van der Waals surface area contributed by atoms with Crippen molar-refractivity contribution in [2.45, 2.75) is 30.0 Å². The molecule has 0 unspecified atom stereocenters. The van der Waals surface area contributed by atoms with Gasteiger partial charge >= 0.3 is 0 Å². The molecular formula is C17H13N3S. The van der Waals surface area contributed by atoms with Gasteiger partial charge in [0.1, 0.15) is 11.1 Å². The number of fused-ring (bicyclic) bond motifs is 1. The number of aromatic nitrogens is 1. The predicted molar refractivity (Wildman–Crippen MR) is 81.7 cm³/mol. The maximum atomic E-state index is 9.29. The van der Waals surface area contributed by atoms with Crippen LogP contribution in [0.5, 0.6) is 0 Å². The molecule has 0 saturated heterocycles. The van der Waals surface area contributed by atoms with Crippen molar-refractivity contribution >= 4 is 11.8 Å². The van der Waals surface area contributed by atoms with Crippen molar-refractivity contribution in [1.29, 1.82) is 10.5 Å². The minimum Gasteiger partial charge on any atom is -0.245 e. The van der Waals surface area contributed by atoms with E-state index in [1.54, 1.807) is 0 Å². The molecule has 0 spiro atoms. The number of nitriles is 2. The first-order valence-electron chi connectivity index (χ1n) is 6.85. The molecule has 0 amide bonds. The molecule has 0 fully saturated rings. The first kappa shape index (κ1) is 13.7. The minimum atomic E-state index is 0.648. The molecule has 21 heavy (non-hydrogen) atoms. The Bertz CT molecular complexity index is 769. The number of nitrogens with zero attached hydrogens (tertiary/aromatic N) is 3. The number of aryl methyl sites for hydroxylation is 2. The number of rotatable bonds is 3. The van der Waals surface area contributed by atoms with Crippen molar-refractivity contribution < 1.29 is 0 Å². The van der Waals surface area contributed by atoms with Crippen LogP contribution in [0.4, 0.5) is 0 Å². The Morgan fingerprint density at radius 1 is 1.10 bits per heavy atom. The number of hydrogen-bond donors (Lipinski definition) is 0. The van der Waals surface area contributed by atoms with E-state index in [-0.39, 0.29) is 0 Å². The van der Waals surface area contributed by atoms with E-state index < -0.39 is 0 Å². The van der Waals surface area contributed by atoms with Gasteiger partial charge in [-0.2, -0.15) is 10.5 Å². The van der Waals surface area contributed by atoms with Crippen LogP contribution in [-0.4, -0.2) is 4.98 Å². The van der Waals surface area contributed by atoms with Gasteiger partial charge in [-0.15, -0.1) is 11.8 Å². The molecule has 0 bridgehead atoms. The van der Waals surface area contributed by atoms with Gasteiger partial charge in [-0.3, -0.25) is 0 Å². The summed E-state index contributed by atoms with van der Waals surface area (Å²) in [5, 5.41) is 19.2. The van der Waals surface area contributed by atoms with Gasteiger partial charge in [-0.05, 0) is 42.5 Å². The van der Waals surface area contributed by atoms with Gasteiger partial charge in [0.2, 0.25) is 0 Å². The number of hydrogen-bond acceptors (Lipinski definition) is 4. The molecule has 1 heterocycles. The number of pyridine rings is 1. The third-order valence-electron chi connectivity index (χ3n) is 3.64. The molecule has 102 valence electrons. The van der Waals surface area contributed by atoms with E-state index in [4.69, 9.17) is 5.26 Å². The normalized spacial score (nSPS) is 12.5. The average molecular weight is 291 g/mol. The summed E-state index contributed by atoms with van der Waals surface area (Å²) in [6, 6.07) is 14.0. The SMILES string of the molecule is N#Cc1ccccc1CSc1nc2c(cc1C#N)CCC2. The van der Waals surface area contributed by atoms with Crippen LogP contribution in [0.2, 0.25) is 0 Å². The molecule has 0 N–H and O–H groups in total. The van der Waals surface area contributed by atoms with Gasteiger partial charge in [0.05, 0.1) is 17.2 Å².